The van der Waals surface area contributed by atoms with Crippen LogP contribution in [0.5, 0.6) is 0 Å². The molecule has 1 heterocycles. The summed E-state index contributed by atoms with van der Waals surface area (Å²) < 4.78 is 39.7. The zero-order valence-corrected chi connectivity index (χ0v) is 9.76. The van der Waals surface area contributed by atoms with Crippen molar-refractivity contribution in [2.45, 2.75) is 26.1 Å². The van der Waals surface area contributed by atoms with Crippen molar-refractivity contribution in [3.8, 4) is 0 Å². The van der Waals surface area contributed by atoms with Crippen molar-refractivity contribution in [3.63, 3.8) is 0 Å². The Morgan fingerprint density at radius 1 is 1.47 bits per heavy atom. The molecule has 17 heavy (non-hydrogen) atoms. The van der Waals surface area contributed by atoms with Gasteiger partial charge in [-0.3, -0.25) is 0 Å². The van der Waals surface area contributed by atoms with Gasteiger partial charge in [-0.25, -0.2) is 4.79 Å². The molecule has 9 heteroatoms. The average molecular weight is 269 g/mol. The predicted octanol–water partition coefficient (Wildman–Crippen LogP) is 2.08. The van der Waals surface area contributed by atoms with E-state index in [2.05, 4.69) is 14.7 Å². The fraction of sp³-hybridized carbons (Fsp3) is 0.625. The second-order valence-electron chi connectivity index (χ2n) is 3.63. The number of nitrogens with one attached hydrogen (secondary N) is 1. The molecule has 1 aromatic rings. The first kappa shape index (κ1) is 13.7. The van der Waals surface area contributed by atoms with Crippen LogP contribution in [0.25, 0.3) is 0 Å². The van der Waals surface area contributed by atoms with E-state index in [9.17, 15) is 18.0 Å². The molecule has 0 amide bonds. The first-order chi connectivity index (χ1) is 7.71. The SMILES string of the molecule is CC(C)C(Nc1nc(C(F)(F)F)ns1)C(=O)O. The number of carboxylic acid groups (broad SMARTS) is 1. The second-order valence-corrected chi connectivity index (χ2v) is 4.38. The van der Waals surface area contributed by atoms with Crippen molar-refractivity contribution in [1.82, 2.24) is 9.36 Å². The Hall–Kier alpha value is -1.38. The molecule has 1 aromatic heterocycles. The maximum atomic E-state index is 12.2. The van der Waals surface area contributed by atoms with E-state index >= 15 is 0 Å². The highest BCUT2D eigenvalue weighted by Gasteiger charge is 2.36. The van der Waals surface area contributed by atoms with Gasteiger partial charge >= 0.3 is 12.1 Å². The summed E-state index contributed by atoms with van der Waals surface area (Å²) >= 11 is 0.484. The number of aromatic nitrogens is 2. The number of halogens is 3. The number of hydrogen-bond acceptors (Lipinski definition) is 5. The molecular weight excluding hydrogens is 259 g/mol. The summed E-state index contributed by atoms with van der Waals surface area (Å²) in [5, 5.41) is 11.1. The minimum Gasteiger partial charge on any atom is -0.480 e. The molecule has 0 radical (unpaired) electrons. The van der Waals surface area contributed by atoms with Crippen LogP contribution in [0.2, 0.25) is 0 Å². The third-order valence-electron chi connectivity index (χ3n) is 1.89. The normalized spacial score (nSPS) is 13.8. The van der Waals surface area contributed by atoms with E-state index in [1.54, 1.807) is 13.8 Å². The molecule has 1 rings (SSSR count). The molecule has 0 saturated carbocycles. The lowest BCUT2D eigenvalue weighted by Gasteiger charge is -2.16. The minimum absolute atomic E-state index is 0.154. The van der Waals surface area contributed by atoms with E-state index in [4.69, 9.17) is 5.11 Å². The van der Waals surface area contributed by atoms with Gasteiger partial charge in [0.1, 0.15) is 6.04 Å². The topological polar surface area (TPSA) is 75.1 Å². The van der Waals surface area contributed by atoms with Crippen LogP contribution in [-0.4, -0.2) is 26.5 Å². The number of alkyl halides is 3. The molecule has 0 spiro atoms. The standard InChI is InChI=1S/C8H10F3N3O2S/c1-3(2)4(5(15)16)12-7-13-6(14-17-7)8(9,10)11/h3-4H,1-2H3,(H,15,16)(H,12,13,14). The van der Waals surface area contributed by atoms with Crippen molar-refractivity contribution in [2.24, 2.45) is 5.92 Å². The Morgan fingerprint density at radius 3 is 2.41 bits per heavy atom. The van der Waals surface area contributed by atoms with Gasteiger partial charge in [-0.2, -0.15) is 22.5 Å². The Balaban J connectivity index is 2.81. The zero-order chi connectivity index (χ0) is 13.2. The van der Waals surface area contributed by atoms with Gasteiger partial charge in [0.15, 0.2) is 0 Å². The number of anilines is 1. The Kier molecular flexibility index (Phi) is 3.91. The summed E-state index contributed by atoms with van der Waals surface area (Å²) in [5.74, 6) is -2.70. The number of aliphatic carboxylic acids is 1. The lowest BCUT2D eigenvalue weighted by atomic mass is 10.1. The molecule has 0 saturated heterocycles. The monoisotopic (exact) mass is 269 g/mol. The molecule has 2 N–H and O–H groups in total. The quantitative estimate of drug-likeness (QED) is 0.875. The summed E-state index contributed by atoms with van der Waals surface area (Å²) in [5.41, 5.74) is 0. The van der Waals surface area contributed by atoms with Crippen molar-refractivity contribution in [3.05, 3.63) is 5.82 Å². The van der Waals surface area contributed by atoms with Gasteiger partial charge in [0.2, 0.25) is 11.0 Å². The first-order valence-electron chi connectivity index (χ1n) is 4.62. The molecule has 0 aromatic carbocycles. The minimum atomic E-state index is -4.62. The van der Waals surface area contributed by atoms with Gasteiger partial charge < -0.3 is 10.4 Å². The molecule has 1 unspecified atom stereocenters. The molecule has 1 atom stereocenters. The lowest BCUT2D eigenvalue weighted by molar-refractivity contribution is -0.144. The summed E-state index contributed by atoms with van der Waals surface area (Å²) in [6.45, 7) is 3.27. The van der Waals surface area contributed by atoms with Gasteiger partial charge in [0.25, 0.3) is 0 Å². The molecule has 5 nitrogen and oxygen atoms in total. The van der Waals surface area contributed by atoms with E-state index in [0.29, 0.717) is 11.5 Å². The van der Waals surface area contributed by atoms with Crippen LogP contribution in [0.4, 0.5) is 18.3 Å². The molecule has 0 fully saturated rings. The van der Waals surface area contributed by atoms with Gasteiger partial charge in [0.05, 0.1) is 0 Å². The number of nitrogens with zero attached hydrogens (tertiary/aromatic N) is 2. The Labute approximate surface area is 98.8 Å². The largest absolute Gasteiger partial charge is 0.480 e. The molecule has 96 valence electrons. The highest BCUT2D eigenvalue weighted by Crippen LogP contribution is 2.29. The highest BCUT2D eigenvalue weighted by atomic mass is 32.1. The average Bonchev–Trinajstić information content (AvgIpc) is 2.60. The molecule has 0 bridgehead atoms. The summed E-state index contributed by atoms with van der Waals surface area (Å²) in [6, 6.07) is -0.996. The van der Waals surface area contributed by atoms with Crippen LogP contribution >= 0.6 is 11.5 Å². The van der Waals surface area contributed by atoms with Crippen LogP contribution < -0.4 is 5.32 Å². The number of hydrogen-bond donors (Lipinski definition) is 2. The molecular formula is C8H10F3N3O2S. The maximum Gasteiger partial charge on any atom is 0.452 e. The fourth-order valence-corrected chi connectivity index (χ4v) is 1.67. The second kappa shape index (κ2) is 4.86. The summed E-state index contributed by atoms with van der Waals surface area (Å²) in [6.07, 6.45) is -4.62. The van der Waals surface area contributed by atoms with E-state index in [1.807, 2.05) is 0 Å². The van der Waals surface area contributed by atoms with E-state index in [1.165, 1.54) is 0 Å². The van der Waals surface area contributed by atoms with E-state index in [0.717, 1.165) is 0 Å². The predicted molar refractivity (Wildman–Crippen MR) is 54.8 cm³/mol. The summed E-state index contributed by atoms with van der Waals surface area (Å²) in [4.78, 5) is 14.0. The summed E-state index contributed by atoms with van der Waals surface area (Å²) in [7, 11) is 0. The smallest absolute Gasteiger partial charge is 0.452 e. The van der Waals surface area contributed by atoms with Gasteiger partial charge in [0, 0.05) is 11.5 Å². The number of carbonyl (C=O) groups is 1. The molecule has 0 aliphatic carbocycles. The van der Waals surface area contributed by atoms with Crippen molar-refractivity contribution >= 4 is 22.6 Å². The van der Waals surface area contributed by atoms with Gasteiger partial charge in [-0.15, -0.1) is 0 Å². The molecule has 0 aliphatic rings. The van der Waals surface area contributed by atoms with Crippen molar-refractivity contribution < 1.29 is 23.1 Å². The van der Waals surface area contributed by atoms with Crippen molar-refractivity contribution in [2.75, 3.05) is 5.32 Å². The van der Waals surface area contributed by atoms with Crippen LogP contribution in [0.3, 0.4) is 0 Å². The molecule has 0 aliphatic heterocycles. The van der Waals surface area contributed by atoms with Crippen LogP contribution in [-0.2, 0) is 11.0 Å². The van der Waals surface area contributed by atoms with Crippen LogP contribution in [0.1, 0.15) is 19.7 Å². The van der Waals surface area contributed by atoms with Gasteiger partial charge in [-0.1, -0.05) is 13.8 Å². The maximum absolute atomic E-state index is 12.2. The van der Waals surface area contributed by atoms with Gasteiger partial charge in [-0.05, 0) is 5.92 Å². The van der Waals surface area contributed by atoms with Crippen LogP contribution in [0, 0.1) is 5.92 Å². The van der Waals surface area contributed by atoms with E-state index in [-0.39, 0.29) is 11.0 Å². The Bertz CT molecular complexity index is 405. The van der Waals surface area contributed by atoms with Crippen LogP contribution in [0.15, 0.2) is 0 Å². The van der Waals surface area contributed by atoms with E-state index < -0.39 is 24.0 Å². The fourth-order valence-electron chi connectivity index (χ4n) is 1.04. The Morgan fingerprint density at radius 2 is 2.06 bits per heavy atom. The van der Waals surface area contributed by atoms with Crippen molar-refractivity contribution in [1.29, 1.82) is 0 Å². The highest BCUT2D eigenvalue weighted by molar-refractivity contribution is 7.09. The third kappa shape index (κ3) is 3.55. The number of carboxylic acids is 1. The number of rotatable bonds is 4. The first-order valence-corrected chi connectivity index (χ1v) is 5.39. The zero-order valence-electron chi connectivity index (χ0n) is 8.95. The lowest BCUT2D eigenvalue weighted by Crippen LogP contribution is -2.34. The third-order valence-corrected chi connectivity index (χ3v) is 2.54.